The standard InChI is InChI=1S/C8H12F2N2O/c1-5-11-8(2-3-8)7(13)12(5)4-6(9)10/h5-6,11H,2-4H2,1H3. The summed E-state index contributed by atoms with van der Waals surface area (Å²) in [6, 6.07) is 0. The van der Waals surface area contributed by atoms with Crippen LogP contribution >= 0.6 is 0 Å². The molecular formula is C8H12F2N2O. The molecule has 1 N–H and O–H groups in total. The smallest absolute Gasteiger partial charge is 0.255 e. The topological polar surface area (TPSA) is 32.3 Å². The number of hydrogen-bond acceptors (Lipinski definition) is 2. The predicted molar refractivity (Wildman–Crippen MR) is 42.3 cm³/mol. The fraction of sp³-hybridized carbons (Fsp3) is 0.875. The third-order valence-electron chi connectivity index (χ3n) is 2.71. The van der Waals surface area contributed by atoms with Crippen molar-refractivity contribution in [1.29, 1.82) is 0 Å². The highest BCUT2D eigenvalue weighted by atomic mass is 19.3. The van der Waals surface area contributed by atoms with Crippen LogP contribution in [0, 0.1) is 0 Å². The molecule has 2 aliphatic rings. The third-order valence-corrected chi connectivity index (χ3v) is 2.71. The molecule has 1 aliphatic heterocycles. The van der Waals surface area contributed by atoms with Gasteiger partial charge in [-0.25, -0.2) is 8.78 Å². The lowest BCUT2D eigenvalue weighted by atomic mass is 10.3. The van der Waals surface area contributed by atoms with Crippen LogP contribution in [-0.2, 0) is 4.79 Å². The van der Waals surface area contributed by atoms with Gasteiger partial charge in [0, 0.05) is 0 Å². The van der Waals surface area contributed by atoms with Gasteiger partial charge in [-0.15, -0.1) is 0 Å². The third kappa shape index (κ3) is 1.31. The van der Waals surface area contributed by atoms with Crippen LogP contribution < -0.4 is 5.32 Å². The average molecular weight is 190 g/mol. The van der Waals surface area contributed by atoms with Gasteiger partial charge >= 0.3 is 0 Å². The van der Waals surface area contributed by atoms with Crippen LogP contribution in [0.4, 0.5) is 8.78 Å². The number of rotatable bonds is 2. The van der Waals surface area contributed by atoms with E-state index in [9.17, 15) is 13.6 Å². The molecule has 0 aromatic rings. The quantitative estimate of drug-likeness (QED) is 0.690. The molecule has 1 aliphatic carbocycles. The Bertz CT molecular complexity index is 240. The number of nitrogens with zero attached hydrogens (tertiary/aromatic N) is 1. The summed E-state index contributed by atoms with van der Waals surface area (Å²) in [5.41, 5.74) is -0.464. The Balaban J connectivity index is 2.07. The molecule has 1 unspecified atom stereocenters. The summed E-state index contributed by atoms with van der Waals surface area (Å²) in [5.74, 6) is -0.152. The van der Waals surface area contributed by atoms with Crippen molar-refractivity contribution < 1.29 is 13.6 Å². The Morgan fingerprint density at radius 3 is 2.69 bits per heavy atom. The van der Waals surface area contributed by atoms with E-state index in [0.717, 1.165) is 12.8 Å². The maximum absolute atomic E-state index is 12.1. The maximum atomic E-state index is 12.1. The second-order valence-electron chi connectivity index (χ2n) is 3.75. The Hall–Kier alpha value is -0.710. The highest BCUT2D eigenvalue weighted by Crippen LogP contribution is 2.41. The largest absolute Gasteiger partial charge is 0.320 e. The minimum Gasteiger partial charge on any atom is -0.320 e. The van der Waals surface area contributed by atoms with Gasteiger partial charge in [-0.2, -0.15) is 0 Å². The van der Waals surface area contributed by atoms with Gasteiger partial charge in [0.25, 0.3) is 6.43 Å². The molecule has 0 aromatic carbocycles. The summed E-state index contributed by atoms with van der Waals surface area (Å²) in [6.07, 6.45) is -1.11. The van der Waals surface area contributed by atoms with Crippen molar-refractivity contribution in [2.24, 2.45) is 0 Å². The van der Waals surface area contributed by atoms with Gasteiger partial charge in [-0.1, -0.05) is 0 Å². The summed E-state index contributed by atoms with van der Waals surface area (Å²) in [4.78, 5) is 12.8. The molecule has 13 heavy (non-hydrogen) atoms. The Morgan fingerprint density at radius 2 is 2.31 bits per heavy atom. The van der Waals surface area contributed by atoms with E-state index in [1.54, 1.807) is 6.92 Å². The minimum absolute atomic E-state index is 0.152. The number of amides is 1. The molecule has 1 saturated heterocycles. The molecule has 1 saturated carbocycles. The summed E-state index contributed by atoms with van der Waals surface area (Å²) >= 11 is 0. The van der Waals surface area contributed by atoms with Crippen LogP contribution in [0.1, 0.15) is 19.8 Å². The molecule has 0 bridgehead atoms. The van der Waals surface area contributed by atoms with E-state index in [1.165, 1.54) is 4.90 Å². The molecule has 3 nitrogen and oxygen atoms in total. The molecule has 1 heterocycles. The van der Waals surface area contributed by atoms with Crippen LogP contribution in [0.25, 0.3) is 0 Å². The van der Waals surface area contributed by atoms with Crippen molar-refractivity contribution in [1.82, 2.24) is 10.2 Å². The molecule has 1 amide bonds. The van der Waals surface area contributed by atoms with E-state index in [0.29, 0.717) is 0 Å². The van der Waals surface area contributed by atoms with Crippen molar-refractivity contribution >= 4 is 5.91 Å². The average Bonchev–Trinajstić information content (AvgIpc) is 2.75. The highest BCUT2D eigenvalue weighted by molar-refractivity contribution is 5.91. The lowest BCUT2D eigenvalue weighted by molar-refractivity contribution is -0.132. The summed E-state index contributed by atoms with van der Waals surface area (Å²) in [5, 5.41) is 3.05. The number of nitrogens with one attached hydrogen (secondary N) is 1. The summed E-state index contributed by atoms with van der Waals surface area (Å²) < 4.78 is 24.2. The molecule has 2 fully saturated rings. The van der Waals surface area contributed by atoms with Crippen molar-refractivity contribution in [3.05, 3.63) is 0 Å². The monoisotopic (exact) mass is 190 g/mol. The van der Waals surface area contributed by atoms with E-state index in [1.807, 2.05) is 0 Å². The first-order valence-electron chi connectivity index (χ1n) is 4.42. The second kappa shape index (κ2) is 2.64. The van der Waals surface area contributed by atoms with Crippen LogP contribution in [0.15, 0.2) is 0 Å². The zero-order valence-electron chi connectivity index (χ0n) is 7.39. The molecule has 74 valence electrons. The second-order valence-corrected chi connectivity index (χ2v) is 3.75. The van der Waals surface area contributed by atoms with Gasteiger partial charge < -0.3 is 4.90 Å². The fourth-order valence-electron chi connectivity index (χ4n) is 1.86. The van der Waals surface area contributed by atoms with Crippen molar-refractivity contribution in [2.45, 2.75) is 37.9 Å². The zero-order valence-corrected chi connectivity index (χ0v) is 7.39. The number of halogens is 2. The van der Waals surface area contributed by atoms with Gasteiger partial charge in [0.15, 0.2) is 0 Å². The maximum Gasteiger partial charge on any atom is 0.255 e. The summed E-state index contributed by atoms with van der Waals surface area (Å²) in [6.45, 7) is 1.29. The summed E-state index contributed by atoms with van der Waals surface area (Å²) in [7, 11) is 0. The molecule has 0 aromatic heterocycles. The molecule has 1 spiro atoms. The van der Waals surface area contributed by atoms with Gasteiger partial charge in [-0.3, -0.25) is 10.1 Å². The van der Waals surface area contributed by atoms with E-state index < -0.39 is 18.5 Å². The van der Waals surface area contributed by atoms with E-state index in [-0.39, 0.29) is 12.1 Å². The van der Waals surface area contributed by atoms with Crippen LogP contribution in [0.2, 0.25) is 0 Å². The number of carbonyl (C=O) groups excluding carboxylic acids is 1. The van der Waals surface area contributed by atoms with Gasteiger partial charge in [0.2, 0.25) is 5.91 Å². The van der Waals surface area contributed by atoms with E-state index in [4.69, 9.17) is 0 Å². The first-order valence-corrected chi connectivity index (χ1v) is 4.42. The van der Waals surface area contributed by atoms with Gasteiger partial charge in [0.1, 0.15) is 0 Å². The minimum atomic E-state index is -2.44. The predicted octanol–water partition coefficient (Wildman–Crippen LogP) is 0.562. The molecule has 1 atom stereocenters. The first kappa shape index (κ1) is 8.87. The highest BCUT2D eigenvalue weighted by Gasteiger charge is 2.58. The van der Waals surface area contributed by atoms with Crippen LogP contribution in [-0.4, -0.2) is 35.5 Å². The van der Waals surface area contributed by atoms with Gasteiger partial charge in [-0.05, 0) is 19.8 Å². The molecule has 5 heteroatoms. The zero-order chi connectivity index (χ0) is 9.64. The Morgan fingerprint density at radius 1 is 1.69 bits per heavy atom. The van der Waals surface area contributed by atoms with Crippen LogP contribution in [0.5, 0.6) is 0 Å². The normalized spacial score (nSPS) is 30.6. The lowest BCUT2D eigenvalue weighted by Gasteiger charge is -2.19. The number of alkyl halides is 2. The van der Waals surface area contributed by atoms with E-state index in [2.05, 4.69) is 5.32 Å². The van der Waals surface area contributed by atoms with Crippen LogP contribution in [0.3, 0.4) is 0 Å². The Labute approximate surface area is 75.1 Å². The fourth-order valence-corrected chi connectivity index (χ4v) is 1.86. The van der Waals surface area contributed by atoms with Gasteiger partial charge in [0.05, 0.1) is 18.2 Å². The molecular weight excluding hydrogens is 178 g/mol. The molecule has 0 radical (unpaired) electrons. The van der Waals surface area contributed by atoms with Crippen molar-refractivity contribution in [2.75, 3.05) is 6.54 Å². The SMILES string of the molecule is CC1NC2(CC2)C(=O)N1CC(F)F. The number of hydrogen-bond donors (Lipinski definition) is 1. The van der Waals surface area contributed by atoms with Crippen molar-refractivity contribution in [3.63, 3.8) is 0 Å². The molecule has 2 rings (SSSR count). The lowest BCUT2D eigenvalue weighted by Crippen LogP contribution is -2.38. The Kier molecular flexibility index (Phi) is 1.80. The van der Waals surface area contributed by atoms with Crippen molar-refractivity contribution in [3.8, 4) is 0 Å². The first-order chi connectivity index (χ1) is 6.05. The van der Waals surface area contributed by atoms with E-state index >= 15 is 0 Å². The number of carbonyl (C=O) groups is 1.